The maximum atomic E-state index is 12.2. The van der Waals surface area contributed by atoms with Crippen molar-refractivity contribution in [3.63, 3.8) is 0 Å². The normalized spacial score (nSPS) is 10.4. The molecule has 0 fully saturated rings. The van der Waals surface area contributed by atoms with Crippen molar-refractivity contribution in [2.75, 3.05) is 25.5 Å². The van der Waals surface area contributed by atoms with Gasteiger partial charge in [0.2, 0.25) is 5.91 Å². The van der Waals surface area contributed by atoms with E-state index in [1.54, 1.807) is 35.0 Å². The summed E-state index contributed by atoms with van der Waals surface area (Å²) in [6, 6.07) is 18.6. The van der Waals surface area contributed by atoms with Gasteiger partial charge < -0.3 is 20.3 Å². The molecule has 2 N–H and O–H groups in total. The van der Waals surface area contributed by atoms with Crippen LogP contribution in [0.25, 0.3) is 0 Å². The van der Waals surface area contributed by atoms with Crippen LogP contribution in [0.5, 0.6) is 5.75 Å². The van der Waals surface area contributed by atoms with Crippen LogP contribution >= 0.6 is 0 Å². The van der Waals surface area contributed by atoms with Crippen LogP contribution in [-0.4, -0.2) is 46.8 Å². The third kappa shape index (κ3) is 7.50. The van der Waals surface area contributed by atoms with Crippen molar-refractivity contribution < 1.29 is 14.3 Å². The molecule has 3 amide bonds. The van der Waals surface area contributed by atoms with E-state index in [9.17, 15) is 9.59 Å². The first kappa shape index (κ1) is 21.9. The Kier molecular flexibility index (Phi) is 8.05. The van der Waals surface area contributed by atoms with Crippen LogP contribution in [-0.2, 0) is 17.9 Å². The average Bonchev–Trinajstić information content (AvgIpc) is 3.28. The topological polar surface area (TPSA) is 88.5 Å². The van der Waals surface area contributed by atoms with Crippen molar-refractivity contribution in [3.8, 4) is 5.75 Å². The number of amides is 3. The standard InChI is InChI=1S/C23H27N5O3/c1-27(18-19-7-3-2-4-8-19)23(30)24-13-11-22(29)26-20-9-5-10-21(17-20)31-16-15-28-14-6-12-25-28/h2-10,12,14,17H,11,13,15-16,18H2,1H3,(H,24,30)(H,26,29). The molecule has 31 heavy (non-hydrogen) atoms. The van der Waals surface area contributed by atoms with Gasteiger partial charge in [0.1, 0.15) is 12.4 Å². The Morgan fingerprint density at radius 2 is 1.94 bits per heavy atom. The van der Waals surface area contributed by atoms with Gasteiger partial charge in [-0.05, 0) is 23.8 Å². The lowest BCUT2D eigenvalue weighted by Gasteiger charge is -2.18. The summed E-state index contributed by atoms with van der Waals surface area (Å²) in [5.41, 5.74) is 1.69. The molecule has 8 nitrogen and oxygen atoms in total. The molecule has 0 bridgehead atoms. The molecule has 0 aliphatic heterocycles. The molecular weight excluding hydrogens is 394 g/mol. The second-order valence-electron chi connectivity index (χ2n) is 7.02. The van der Waals surface area contributed by atoms with Gasteiger partial charge in [0, 0.05) is 50.7 Å². The van der Waals surface area contributed by atoms with Crippen LogP contribution in [0, 0.1) is 0 Å². The fourth-order valence-corrected chi connectivity index (χ4v) is 2.92. The van der Waals surface area contributed by atoms with E-state index in [4.69, 9.17) is 4.74 Å². The van der Waals surface area contributed by atoms with Gasteiger partial charge in [-0.1, -0.05) is 36.4 Å². The Morgan fingerprint density at radius 1 is 1.10 bits per heavy atom. The number of nitrogens with one attached hydrogen (secondary N) is 2. The first-order valence-corrected chi connectivity index (χ1v) is 10.1. The third-order valence-electron chi connectivity index (χ3n) is 4.50. The Hall–Kier alpha value is -3.81. The quantitative estimate of drug-likeness (QED) is 0.526. The molecule has 0 unspecified atom stereocenters. The van der Waals surface area contributed by atoms with Gasteiger partial charge in [0.25, 0.3) is 0 Å². The van der Waals surface area contributed by atoms with E-state index in [2.05, 4.69) is 15.7 Å². The highest BCUT2D eigenvalue weighted by molar-refractivity contribution is 5.91. The molecule has 1 heterocycles. The fourth-order valence-electron chi connectivity index (χ4n) is 2.92. The van der Waals surface area contributed by atoms with Crippen molar-refractivity contribution >= 4 is 17.6 Å². The number of ether oxygens (including phenoxy) is 1. The van der Waals surface area contributed by atoms with Crippen molar-refractivity contribution in [2.45, 2.75) is 19.5 Å². The first-order chi connectivity index (χ1) is 15.1. The number of benzene rings is 2. The second kappa shape index (κ2) is 11.4. The zero-order valence-electron chi connectivity index (χ0n) is 17.5. The van der Waals surface area contributed by atoms with Gasteiger partial charge in [0.15, 0.2) is 0 Å². The lowest BCUT2D eigenvalue weighted by molar-refractivity contribution is -0.116. The summed E-state index contributed by atoms with van der Waals surface area (Å²) in [6.45, 7) is 1.87. The SMILES string of the molecule is CN(Cc1ccccc1)C(=O)NCCC(=O)Nc1cccc(OCCn2cccn2)c1. The van der Waals surface area contributed by atoms with Crippen LogP contribution in [0.15, 0.2) is 73.1 Å². The molecular formula is C23H27N5O3. The monoisotopic (exact) mass is 421 g/mol. The molecule has 0 aliphatic carbocycles. The third-order valence-corrected chi connectivity index (χ3v) is 4.50. The lowest BCUT2D eigenvalue weighted by atomic mass is 10.2. The molecule has 162 valence electrons. The molecule has 3 aromatic rings. The first-order valence-electron chi connectivity index (χ1n) is 10.1. The molecule has 2 aromatic carbocycles. The van der Waals surface area contributed by atoms with Gasteiger partial charge in [-0.3, -0.25) is 9.48 Å². The zero-order chi connectivity index (χ0) is 21.9. The Balaban J connectivity index is 1.36. The summed E-state index contributed by atoms with van der Waals surface area (Å²) in [7, 11) is 1.72. The average molecular weight is 422 g/mol. The van der Waals surface area contributed by atoms with Gasteiger partial charge in [-0.2, -0.15) is 5.10 Å². The number of carbonyl (C=O) groups excluding carboxylic acids is 2. The minimum absolute atomic E-state index is 0.176. The number of hydrogen-bond acceptors (Lipinski definition) is 4. The summed E-state index contributed by atoms with van der Waals surface area (Å²) >= 11 is 0. The maximum absolute atomic E-state index is 12.2. The maximum Gasteiger partial charge on any atom is 0.317 e. The van der Waals surface area contributed by atoms with Crippen LogP contribution in [0.2, 0.25) is 0 Å². The van der Waals surface area contributed by atoms with Crippen molar-refractivity contribution in [1.29, 1.82) is 0 Å². The van der Waals surface area contributed by atoms with Crippen LogP contribution in [0.1, 0.15) is 12.0 Å². The Bertz CT molecular complexity index is 960. The van der Waals surface area contributed by atoms with E-state index in [0.717, 1.165) is 5.56 Å². The van der Waals surface area contributed by atoms with E-state index in [1.807, 2.05) is 54.7 Å². The van der Waals surface area contributed by atoms with Gasteiger partial charge in [0.05, 0.1) is 6.54 Å². The molecule has 1 aromatic heterocycles. The van der Waals surface area contributed by atoms with Gasteiger partial charge in [-0.25, -0.2) is 4.79 Å². The molecule has 3 rings (SSSR count). The predicted molar refractivity (Wildman–Crippen MR) is 119 cm³/mol. The number of nitrogens with zero attached hydrogens (tertiary/aromatic N) is 3. The Morgan fingerprint density at radius 3 is 2.71 bits per heavy atom. The summed E-state index contributed by atoms with van der Waals surface area (Å²) < 4.78 is 7.50. The molecule has 0 aliphatic rings. The highest BCUT2D eigenvalue weighted by atomic mass is 16.5. The molecule has 0 radical (unpaired) electrons. The van der Waals surface area contributed by atoms with Gasteiger partial charge >= 0.3 is 6.03 Å². The lowest BCUT2D eigenvalue weighted by Crippen LogP contribution is -2.38. The molecule has 0 spiro atoms. The van der Waals surface area contributed by atoms with E-state index in [-0.39, 0.29) is 24.9 Å². The minimum Gasteiger partial charge on any atom is -0.492 e. The van der Waals surface area contributed by atoms with E-state index in [1.165, 1.54) is 0 Å². The summed E-state index contributed by atoms with van der Waals surface area (Å²) in [6.07, 6.45) is 3.77. The second-order valence-corrected chi connectivity index (χ2v) is 7.02. The molecule has 8 heteroatoms. The number of hydrogen-bond donors (Lipinski definition) is 2. The number of urea groups is 1. The van der Waals surface area contributed by atoms with Crippen LogP contribution < -0.4 is 15.4 Å². The highest BCUT2D eigenvalue weighted by Gasteiger charge is 2.10. The van der Waals surface area contributed by atoms with Crippen molar-refractivity contribution in [3.05, 3.63) is 78.6 Å². The van der Waals surface area contributed by atoms with E-state index >= 15 is 0 Å². The number of carbonyl (C=O) groups is 2. The zero-order valence-corrected chi connectivity index (χ0v) is 17.5. The highest BCUT2D eigenvalue weighted by Crippen LogP contribution is 2.17. The number of rotatable bonds is 10. The summed E-state index contributed by atoms with van der Waals surface area (Å²) in [5, 5.41) is 9.72. The van der Waals surface area contributed by atoms with E-state index in [0.29, 0.717) is 31.1 Å². The number of anilines is 1. The minimum atomic E-state index is -0.218. The predicted octanol–water partition coefficient (Wildman–Crippen LogP) is 3.13. The summed E-state index contributed by atoms with van der Waals surface area (Å²) in [5.74, 6) is 0.487. The Labute approximate surface area is 181 Å². The largest absolute Gasteiger partial charge is 0.492 e. The smallest absolute Gasteiger partial charge is 0.317 e. The molecule has 0 saturated heterocycles. The van der Waals surface area contributed by atoms with Crippen LogP contribution in [0.4, 0.5) is 10.5 Å². The number of aromatic nitrogens is 2. The van der Waals surface area contributed by atoms with E-state index < -0.39 is 0 Å². The van der Waals surface area contributed by atoms with Crippen molar-refractivity contribution in [1.82, 2.24) is 20.0 Å². The van der Waals surface area contributed by atoms with Gasteiger partial charge in [-0.15, -0.1) is 0 Å². The fraction of sp³-hybridized carbons (Fsp3) is 0.261. The summed E-state index contributed by atoms with van der Waals surface area (Å²) in [4.78, 5) is 26.0. The molecule has 0 saturated carbocycles. The molecule has 0 atom stereocenters. The van der Waals surface area contributed by atoms with Crippen molar-refractivity contribution in [2.24, 2.45) is 0 Å². The van der Waals surface area contributed by atoms with Crippen LogP contribution in [0.3, 0.4) is 0 Å².